The number of nitrogens with two attached hydrogens (primary N) is 2. The summed E-state index contributed by atoms with van der Waals surface area (Å²) in [4.78, 5) is 7.80. The van der Waals surface area contributed by atoms with E-state index in [4.69, 9.17) is 20.8 Å². The smallest absolute Gasteiger partial charge is 0.399 e. The molecule has 0 atom stereocenters. The monoisotopic (exact) mass is 236 g/mol. The molecule has 1 saturated heterocycles. The van der Waals surface area contributed by atoms with E-state index in [2.05, 4.69) is 9.97 Å². The van der Waals surface area contributed by atoms with E-state index in [9.17, 15) is 0 Å². The van der Waals surface area contributed by atoms with Gasteiger partial charge in [0.2, 0.25) is 5.95 Å². The molecule has 6 nitrogen and oxygen atoms in total. The Balaban J connectivity index is 2.32. The maximum absolute atomic E-state index is 5.85. The molecule has 1 aromatic rings. The minimum Gasteiger partial charge on any atom is -0.399 e. The molecule has 17 heavy (non-hydrogen) atoms. The molecule has 7 heteroatoms. The van der Waals surface area contributed by atoms with Crippen LogP contribution in [0.25, 0.3) is 0 Å². The molecule has 0 bridgehead atoms. The van der Waals surface area contributed by atoms with Gasteiger partial charge in [-0.3, -0.25) is 0 Å². The zero-order chi connectivity index (χ0) is 12.8. The summed E-state index contributed by atoms with van der Waals surface area (Å²) in [6, 6.07) is 0. The van der Waals surface area contributed by atoms with Crippen molar-refractivity contribution in [2.75, 3.05) is 11.5 Å². The summed E-state index contributed by atoms with van der Waals surface area (Å²) in [6.07, 6.45) is 1.54. The Morgan fingerprint density at radius 2 is 1.65 bits per heavy atom. The van der Waals surface area contributed by atoms with E-state index in [1.807, 2.05) is 27.7 Å². The highest BCUT2D eigenvalue weighted by Crippen LogP contribution is 2.36. The van der Waals surface area contributed by atoms with Gasteiger partial charge in [-0.15, -0.1) is 0 Å². The molecule has 4 N–H and O–H groups in total. The molecular formula is C10H17BN4O2. The standard InChI is InChI=1S/C10H17BN4O2/c1-9(2)10(3,4)17-11(16-9)6-5-14-8(13)15-7(6)12/h5H,1-4H3,(H4,12,13,14,15). The van der Waals surface area contributed by atoms with Gasteiger partial charge in [0.15, 0.2) is 0 Å². The topological polar surface area (TPSA) is 96.3 Å². The lowest BCUT2D eigenvalue weighted by Gasteiger charge is -2.32. The largest absolute Gasteiger partial charge is 0.500 e. The van der Waals surface area contributed by atoms with Gasteiger partial charge in [-0.05, 0) is 27.7 Å². The quantitative estimate of drug-likeness (QED) is 0.663. The van der Waals surface area contributed by atoms with Crippen molar-refractivity contribution >= 4 is 24.3 Å². The Morgan fingerprint density at radius 3 is 2.12 bits per heavy atom. The first-order chi connectivity index (χ1) is 7.73. The molecule has 1 aliphatic rings. The molecule has 0 radical (unpaired) electrons. The molecule has 1 fully saturated rings. The van der Waals surface area contributed by atoms with E-state index in [0.717, 1.165) is 0 Å². The van der Waals surface area contributed by atoms with E-state index in [1.165, 1.54) is 0 Å². The Labute approximate surface area is 101 Å². The van der Waals surface area contributed by atoms with Crippen molar-refractivity contribution in [2.24, 2.45) is 0 Å². The fourth-order valence-electron chi connectivity index (χ4n) is 1.57. The number of hydrogen-bond acceptors (Lipinski definition) is 6. The molecule has 0 aliphatic carbocycles. The minimum atomic E-state index is -0.555. The lowest BCUT2D eigenvalue weighted by atomic mass is 9.80. The third-order valence-electron chi connectivity index (χ3n) is 3.37. The Morgan fingerprint density at radius 1 is 1.12 bits per heavy atom. The average molecular weight is 236 g/mol. The van der Waals surface area contributed by atoms with Gasteiger partial charge in [0, 0.05) is 11.7 Å². The molecule has 92 valence electrons. The van der Waals surface area contributed by atoms with E-state index >= 15 is 0 Å². The van der Waals surface area contributed by atoms with Gasteiger partial charge in [-0.25, -0.2) is 4.98 Å². The van der Waals surface area contributed by atoms with Crippen LogP contribution >= 0.6 is 0 Å². The maximum atomic E-state index is 5.85. The van der Waals surface area contributed by atoms with Crippen molar-refractivity contribution in [3.05, 3.63) is 6.20 Å². The second-order valence-corrected chi connectivity index (χ2v) is 5.16. The van der Waals surface area contributed by atoms with Crippen LogP contribution in [0.4, 0.5) is 11.8 Å². The third-order valence-corrected chi connectivity index (χ3v) is 3.37. The molecule has 0 aromatic carbocycles. The van der Waals surface area contributed by atoms with Crippen molar-refractivity contribution in [1.29, 1.82) is 0 Å². The summed E-state index contributed by atoms with van der Waals surface area (Å²) in [6.45, 7) is 7.89. The van der Waals surface area contributed by atoms with E-state index in [1.54, 1.807) is 6.20 Å². The number of aromatic nitrogens is 2. The highest BCUT2D eigenvalue weighted by atomic mass is 16.7. The second kappa shape index (κ2) is 3.58. The van der Waals surface area contributed by atoms with Gasteiger partial charge in [-0.1, -0.05) is 0 Å². The molecule has 2 heterocycles. The number of rotatable bonds is 1. The summed E-state index contributed by atoms with van der Waals surface area (Å²) in [5, 5.41) is 0. The van der Waals surface area contributed by atoms with E-state index in [-0.39, 0.29) is 11.8 Å². The van der Waals surface area contributed by atoms with Gasteiger partial charge in [0.25, 0.3) is 0 Å². The Hall–Kier alpha value is -1.34. The van der Waals surface area contributed by atoms with Crippen molar-refractivity contribution < 1.29 is 9.31 Å². The first-order valence-corrected chi connectivity index (χ1v) is 5.46. The summed E-state index contributed by atoms with van der Waals surface area (Å²) >= 11 is 0. The predicted molar refractivity (Wildman–Crippen MR) is 66.6 cm³/mol. The molecule has 0 amide bonds. The third kappa shape index (κ3) is 1.96. The van der Waals surface area contributed by atoms with Crippen LogP contribution in [0.2, 0.25) is 0 Å². The van der Waals surface area contributed by atoms with Gasteiger partial charge >= 0.3 is 7.12 Å². The van der Waals surface area contributed by atoms with Crippen LogP contribution in [0.3, 0.4) is 0 Å². The molecule has 0 spiro atoms. The first-order valence-electron chi connectivity index (χ1n) is 5.46. The average Bonchev–Trinajstić information content (AvgIpc) is 2.35. The van der Waals surface area contributed by atoms with Crippen LogP contribution in [-0.2, 0) is 9.31 Å². The Bertz CT molecular complexity index is 434. The highest BCUT2D eigenvalue weighted by molar-refractivity contribution is 6.63. The van der Waals surface area contributed by atoms with Crippen molar-refractivity contribution in [3.8, 4) is 0 Å². The van der Waals surface area contributed by atoms with Gasteiger partial charge in [-0.2, -0.15) is 4.98 Å². The van der Waals surface area contributed by atoms with Crippen molar-refractivity contribution in [2.45, 2.75) is 38.9 Å². The van der Waals surface area contributed by atoms with Gasteiger partial charge in [0.1, 0.15) is 5.82 Å². The fraction of sp³-hybridized carbons (Fsp3) is 0.600. The van der Waals surface area contributed by atoms with E-state index in [0.29, 0.717) is 5.46 Å². The van der Waals surface area contributed by atoms with Gasteiger partial charge in [0.05, 0.1) is 11.2 Å². The lowest BCUT2D eigenvalue weighted by Crippen LogP contribution is -2.41. The van der Waals surface area contributed by atoms with Crippen LogP contribution in [0.15, 0.2) is 6.20 Å². The molecule has 1 aliphatic heterocycles. The van der Waals surface area contributed by atoms with Crippen molar-refractivity contribution in [3.63, 3.8) is 0 Å². The highest BCUT2D eigenvalue weighted by Gasteiger charge is 2.52. The van der Waals surface area contributed by atoms with Gasteiger partial charge < -0.3 is 20.8 Å². The molecule has 0 unspecified atom stereocenters. The molecule has 1 aromatic heterocycles. The first kappa shape index (κ1) is 12.1. The van der Waals surface area contributed by atoms with E-state index < -0.39 is 18.3 Å². The lowest BCUT2D eigenvalue weighted by molar-refractivity contribution is 0.00578. The Kier molecular flexibility index (Phi) is 2.55. The maximum Gasteiger partial charge on any atom is 0.500 e. The minimum absolute atomic E-state index is 0.141. The number of nitrogens with zero attached hydrogens (tertiary/aromatic N) is 2. The zero-order valence-electron chi connectivity index (χ0n) is 10.5. The van der Waals surface area contributed by atoms with Crippen molar-refractivity contribution in [1.82, 2.24) is 9.97 Å². The summed E-state index contributed by atoms with van der Waals surface area (Å²) in [7, 11) is -0.555. The second-order valence-electron chi connectivity index (χ2n) is 5.16. The van der Waals surface area contributed by atoms with Crippen LogP contribution < -0.4 is 16.9 Å². The number of hydrogen-bond donors (Lipinski definition) is 2. The van der Waals surface area contributed by atoms with Crippen LogP contribution in [0, 0.1) is 0 Å². The molecule has 2 rings (SSSR count). The van der Waals surface area contributed by atoms with Crippen LogP contribution in [0.1, 0.15) is 27.7 Å². The summed E-state index contributed by atoms with van der Waals surface area (Å²) in [5.41, 5.74) is 11.0. The number of anilines is 2. The predicted octanol–water partition coefficient (Wildman–Crippen LogP) is -0.0598. The zero-order valence-corrected chi connectivity index (χ0v) is 10.5. The molecular weight excluding hydrogens is 219 g/mol. The number of nitrogen functional groups attached to an aromatic ring is 2. The molecule has 0 saturated carbocycles. The fourth-order valence-corrected chi connectivity index (χ4v) is 1.57. The SMILES string of the molecule is CC1(C)OB(c2cnc(N)nc2N)OC1(C)C. The summed E-state index contributed by atoms with van der Waals surface area (Å²) in [5.74, 6) is 0.429. The summed E-state index contributed by atoms with van der Waals surface area (Å²) < 4.78 is 11.7. The van der Waals surface area contributed by atoms with Crippen LogP contribution in [-0.4, -0.2) is 28.3 Å². The van der Waals surface area contributed by atoms with Crippen LogP contribution in [0.5, 0.6) is 0 Å². The normalized spacial score (nSPS) is 21.8.